The number of rotatable bonds is 8. The van der Waals surface area contributed by atoms with E-state index in [-0.39, 0.29) is 17.4 Å². The first kappa shape index (κ1) is 15.1. The van der Waals surface area contributed by atoms with Gasteiger partial charge in [-0.3, -0.25) is 10.1 Å². The summed E-state index contributed by atoms with van der Waals surface area (Å²) in [5.41, 5.74) is -0.346. The van der Waals surface area contributed by atoms with Crippen LogP contribution in [0.2, 0.25) is 0 Å². The van der Waals surface area contributed by atoms with E-state index in [0.717, 1.165) is 13.0 Å². The average molecular weight is 270 g/mol. The molecule has 0 bridgehead atoms. The molecule has 0 radical (unpaired) electrons. The fourth-order valence-electron chi connectivity index (χ4n) is 1.39. The van der Waals surface area contributed by atoms with E-state index in [4.69, 9.17) is 9.47 Å². The van der Waals surface area contributed by atoms with Gasteiger partial charge in [0, 0.05) is 6.04 Å². The third-order valence-electron chi connectivity index (χ3n) is 2.24. The van der Waals surface area contributed by atoms with Crippen molar-refractivity contribution in [2.24, 2.45) is 0 Å². The predicted octanol–water partition coefficient (Wildman–Crippen LogP) is 1.16. The molecule has 1 aromatic heterocycles. The highest BCUT2D eigenvalue weighted by molar-refractivity contribution is 5.48. The molecule has 0 aliphatic heterocycles. The summed E-state index contributed by atoms with van der Waals surface area (Å²) in [5.74, 6) is -0.170. The first-order valence-corrected chi connectivity index (χ1v) is 5.95. The van der Waals surface area contributed by atoms with Gasteiger partial charge in [-0.05, 0) is 13.0 Å². The zero-order chi connectivity index (χ0) is 14.3. The van der Waals surface area contributed by atoms with E-state index in [1.165, 1.54) is 13.4 Å². The molecule has 0 saturated heterocycles. The van der Waals surface area contributed by atoms with Crippen molar-refractivity contribution in [2.45, 2.75) is 26.3 Å². The van der Waals surface area contributed by atoms with Crippen LogP contribution >= 0.6 is 0 Å². The monoisotopic (exact) mass is 270 g/mol. The minimum absolute atomic E-state index is 0.0682. The smallest absolute Gasteiger partial charge is 0.392 e. The Kier molecular flexibility index (Phi) is 5.94. The summed E-state index contributed by atoms with van der Waals surface area (Å²) in [4.78, 5) is 17.8. The molecule has 19 heavy (non-hydrogen) atoms. The Labute approximate surface area is 111 Å². The number of hydrogen-bond acceptors (Lipinski definition) is 7. The van der Waals surface area contributed by atoms with Crippen LogP contribution in [0.5, 0.6) is 11.8 Å². The zero-order valence-corrected chi connectivity index (χ0v) is 11.3. The summed E-state index contributed by atoms with van der Waals surface area (Å²) < 4.78 is 10.1. The third-order valence-corrected chi connectivity index (χ3v) is 2.24. The normalized spacial score (nSPS) is 10.5. The first-order chi connectivity index (χ1) is 9.06. The third kappa shape index (κ3) is 4.66. The average Bonchev–Trinajstić information content (AvgIpc) is 2.37. The summed E-state index contributed by atoms with van der Waals surface area (Å²) in [6.45, 7) is 5.19. The van der Waals surface area contributed by atoms with Gasteiger partial charge in [0.25, 0.3) is 0 Å². The molecule has 0 amide bonds. The maximum Gasteiger partial charge on any atom is 0.392 e. The molecule has 1 aromatic rings. The van der Waals surface area contributed by atoms with Crippen LogP contribution in [0.3, 0.4) is 0 Å². The molecule has 0 aliphatic carbocycles. The lowest BCUT2D eigenvalue weighted by Gasteiger charge is -2.09. The van der Waals surface area contributed by atoms with E-state index in [2.05, 4.69) is 15.3 Å². The fourth-order valence-corrected chi connectivity index (χ4v) is 1.39. The topological polar surface area (TPSA) is 99.4 Å². The van der Waals surface area contributed by atoms with Gasteiger partial charge in [-0.25, -0.2) is 0 Å². The standard InChI is InChI=1S/C11H18N4O4/c1-8(2)12-5-4-6-19-11-9(15(16)17)10(18-3)13-7-14-11/h7-8,12H,4-6H2,1-3H3. The molecule has 8 heteroatoms. The minimum Gasteiger partial charge on any atom is -0.476 e. The van der Waals surface area contributed by atoms with Gasteiger partial charge < -0.3 is 14.8 Å². The van der Waals surface area contributed by atoms with Crippen molar-refractivity contribution in [3.8, 4) is 11.8 Å². The van der Waals surface area contributed by atoms with Crippen molar-refractivity contribution in [2.75, 3.05) is 20.3 Å². The summed E-state index contributed by atoms with van der Waals surface area (Å²) in [6.07, 6.45) is 1.90. The number of methoxy groups -OCH3 is 1. The Morgan fingerprint density at radius 3 is 2.68 bits per heavy atom. The molecule has 1 rings (SSSR count). The predicted molar refractivity (Wildman–Crippen MR) is 68.5 cm³/mol. The quantitative estimate of drug-likeness (QED) is 0.430. The lowest BCUT2D eigenvalue weighted by molar-refractivity contribution is -0.387. The molecule has 0 saturated carbocycles. The molecule has 8 nitrogen and oxygen atoms in total. The number of nitrogens with zero attached hydrogens (tertiary/aromatic N) is 3. The van der Waals surface area contributed by atoms with Crippen LogP contribution in [-0.2, 0) is 0 Å². The number of hydrogen-bond donors (Lipinski definition) is 1. The summed E-state index contributed by atoms with van der Waals surface area (Å²) in [7, 11) is 1.31. The van der Waals surface area contributed by atoms with E-state index in [9.17, 15) is 10.1 Å². The second-order valence-corrected chi connectivity index (χ2v) is 4.10. The van der Waals surface area contributed by atoms with Crippen LogP contribution in [0.4, 0.5) is 5.69 Å². The Morgan fingerprint density at radius 1 is 1.42 bits per heavy atom. The van der Waals surface area contributed by atoms with E-state index in [0.29, 0.717) is 12.6 Å². The second-order valence-electron chi connectivity index (χ2n) is 4.10. The van der Waals surface area contributed by atoms with Gasteiger partial charge in [0.1, 0.15) is 6.33 Å². The maximum absolute atomic E-state index is 10.9. The van der Waals surface area contributed by atoms with Crippen LogP contribution in [0.25, 0.3) is 0 Å². The van der Waals surface area contributed by atoms with Gasteiger partial charge in [0.15, 0.2) is 0 Å². The van der Waals surface area contributed by atoms with E-state index in [1.54, 1.807) is 0 Å². The maximum atomic E-state index is 10.9. The highest BCUT2D eigenvalue weighted by Gasteiger charge is 2.25. The van der Waals surface area contributed by atoms with Crippen molar-refractivity contribution in [1.82, 2.24) is 15.3 Å². The minimum atomic E-state index is -0.611. The molecule has 1 heterocycles. The van der Waals surface area contributed by atoms with E-state index >= 15 is 0 Å². The highest BCUT2D eigenvalue weighted by atomic mass is 16.6. The van der Waals surface area contributed by atoms with E-state index in [1.807, 2.05) is 13.8 Å². The lowest BCUT2D eigenvalue weighted by Crippen LogP contribution is -2.24. The lowest BCUT2D eigenvalue weighted by atomic mass is 10.3. The van der Waals surface area contributed by atoms with Crippen molar-refractivity contribution in [1.29, 1.82) is 0 Å². The van der Waals surface area contributed by atoms with Crippen molar-refractivity contribution >= 4 is 5.69 Å². The number of aromatic nitrogens is 2. The van der Waals surface area contributed by atoms with E-state index < -0.39 is 4.92 Å². The van der Waals surface area contributed by atoms with Crippen LogP contribution < -0.4 is 14.8 Å². The molecule has 106 valence electrons. The van der Waals surface area contributed by atoms with Crippen LogP contribution in [0.15, 0.2) is 6.33 Å². The second kappa shape index (κ2) is 7.47. The van der Waals surface area contributed by atoms with Gasteiger partial charge in [-0.2, -0.15) is 9.97 Å². The van der Waals surface area contributed by atoms with Gasteiger partial charge in [-0.1, -0.05) is 13.8 Å². The Hall–Kier alpha value is -1.96. The highest BCUT2D eigenvalue weighted by Crippen LogP contribution is 2.32. The molecular formula is C11H18N4O4. The molecule has 0 atom stereocenters. The molecule has 0 aromatic carbocycles. The van der Waals surface area contributed by atoms with Gasteiger partial charge in [-0.15, -0.1) is 0 Å². The SMILES string of the molecule is COc1ncnc(OCCCNC(C)C)c1[N+](=O)[O-]. The molecule has 0 spiro atoms. The van der Waals surface area contributed by atoms with Crippen molar-refractivity contribution in [3.05, 3.63) is 16.4 Å². The Bertz CT molecular complexity index is 425. The number of nitro groups is 1. The molecule has 0 fully saturated rings. The largest absolute Gasteiger partial charge is 0.476 e. The number of ether oxygens (including phenoxy) is 2. The Balaban J connectivity index is 2.60. The summed E-state index contributed by atoms with van der Waals surface area (Å²) >= 11 is 0. The number of nitrogens with one attached hydrogen (secondary N) is 1. The van der Waals surface area contributed by atoms with Crippen molar-refractivity contribution < 1.29 is 14.4 Å². The summed E-state index contributed by atoms with van der Waals surface area (Å²) in [6, 6.07) is 0.397. The van der Waals surface area contributed by atoms with Crippen LogP contribution in [0, 0.1) is 10.1 Å². The van der Waals surface area contributed by atoms with Gasteiger partial charge in [0.2, 0.25) is 0 Å². The first-order valence-electron chi connectivity index (χ1n) is 5.95. The zero-order valence-electron chi connectivity index (χ0n) is 11.3. The Morgan fingerprint density at radius 2 is 2.11 bits per heavy atom. The van der Waals surface area contributed by atoms with Crippen molar-refractivity contribution in [3.63, 3.8) is 0 Å². The van der Waals surface area contributed by atoms with Crippen LogP contribution in [-0.4, -0.2) is 41.2 Å². The molecule has 0 aliphatic rings. The molecule has 1 N–H and O–H groups in total. The molecular weight excluding hydrogens is 252 g/mol. The van der Waals surface area contributed by atoms with Gasteiger partial charge >= 0.3 is 17.4 Å². The van der Waals surface area contributed by atoms with Gasteiger partial charge in [0.05, 0.1) is 18.6 Å². The van der Waals surface area contributed by atoms with Crippen LogP contribution in [0.1, 0.15) is 20.3 Å². The summed E-state index contributed by atoms with van der Waals surface area (Å²) in [5, 5.41) is 14.2. The fraction of sp³-hybridized carbons (Fsp3) is 0.636. The molecule has 0 unspecified atom stereocenters.